The van der Waals surface area contributed by atoms with Gasteiger partial charge in [0.25, 0.3) is 0 Å². The monoisotopic (exact) mass is 486 g/mol. The molecule has 0 spiro atoms. The number of halogens is 3. The SMILES string of the molecule is CCN1CC[C@@H]1COc1cnn(C)c1-c1ccn2nc(Nc3cc(C)nc(C(F)(F)F)n3)cc2c1. The Morgan fingerprint density at radius 1 is 1.17 bits per heavy atom. The molecule has 1 saturated heterocycles. The highest BCUT2D eigenvalue weighted by atomic mass is 19.4. The first kappa shape index (κ1) is 23.1. The predicted molar refractivity (Wildman–Crippen MR) is 124 cm³/mol. The number of fused-ring (bicyclic) bond motifs is 1. The van der Waals surface area contributed by atoms with Crippen LogP contribution in [0, 0.1) is 6.92 Å². The third-order valence-electron chi connectivity index (χ3n) is 6.11. The van der Waals surface area contributed by atoms with Gasteiger partial charge < -0.3 is 10.1 Å². The Morgan fingerprint density at radius 2 is 2.00 bits per heavy atom. The van der Waals surface area contributed by atoms with Gasteiger partial charge in [-0.1, -0.05) is 6.92 Å². The number of nitrogens with one attached hydrogen (secondary N) is 1. The molecule has 5 rings (SSSR count). The van der Waals surface area contributed by atoms with Crippen LogP contribution >= 0.6 is 0 Å². The Bertz CT molecular complexity index is 1360. The molecule has 4 aromatic rings. The van der Waals surface area contributed by atoms with Crippen LogP contribution in [0.25, 0.3) is 16.8 Å². The molecular formula is C23H25F3N8O. The third-order valence-corrected chi connectivity index (χ3v) is 6.11. The van der Waals surface area contributed by atoms with Gasteiger partial charge in [-0.3, -0.25) is 9.58 Å². The minimum atomic E-state index is -4.63. The topological polar surface area (TPSA) is 85.4 Å². The summed E-state index contributed by atoms with van der Waals surface area (Å²) in [6.45, 7) is 6.34. The lowest BCUT2D eigenvalue weighted by Gasteiger charge is -2.39. The molecule has 1 fully saturated rings. The summed E-state index contributed by atoms with van der Waals surface area (Å²) in [5, 5.41) is 11.6. The second kappa shape index (κ2) is 8.84. The maximum absolute atomic E-state index is 13.1. The van der Waals surface area contributed by atoms with Crippen LogP contribution in [-0.2, 0) is 13.2 Å². The fourth-order valence-electron chi connectivity index (χ4n) is 4.23. The number of aryl methyl sites for hydroxylation is 2. The number of ether oxygens (including phenoxy) is 1. The molecule has 4 aromatic heterocycles. The van der Waals surface area contributed by atoms with Crippen LogP contribution in [0.5, 0.6) is 5.75 Å². The van der Waals surface area contributed by atoms with Crippen LogP contribution in [0.4, 0.5) is 24.8 Å². The molecule has 0 amide bonds. The molecule has 0 saturated carbocycles. The summed E-state index contributed by atoms with van der Waals surface area (Å²) < 4.78 is 48.7. The highest BCUT2D eigenvalue weighted by Crippen LogP contribution is 2.32. The Hall–Kier alpha value is -3.67. The summed E-state index contributed by atoms with van der Waals surface area (Å²) in [6, 6.07) is 7.41. The second-order valence-electron chi connectivity index (χ2n) is 8.52. The molecule has 0 aromatic carbocycles. The van der Waals surface area contributed by atoms with Gasteiger partial charge in [-0.25, -0.2) is 14.5 Å². The van der Waals surface area contributed by atoms with Crippen molar-refractivity contribution in [3.8, 4) is 17.0 Å². The predicted octanol–water partition coefficient (Wildman–Crippen LogP) is 4.07. The van der Waals surface area contributed by atoms with Crippen molar-refractivity contribution >= 4 is 17.2 Å². The Morgan fingerprint density at radius 3 is 2.71 bits per heavy atom. The normalized spacial score (nSPS) is 16.5. The molecule has 1 N–H and O–H groups in total. The van der Waals surface area contributed by atoms with Crippen molar-refractivity contribution in [2.75, 3.05) is 25.0 Å². The summed E-state index contributed by atoms with van der Waals surface area (Å²) in [7, 11) is 1.85. The van der Waals surface area contributed by atoms with Crippen LogP contribution < -0.4 is 10.1 Å². The fourth-order valence-corrected chi connectivity index (χ4v) is 4.23. The van der Waals surface area contributed by atoms with Crippen molar-refractivity contribution in [2.45, 2.75) is 32.5 Å². The zero-order valence-electron chi connectivity index (χ0n) is 19.5. The summed E-state index contributed by atoms with van der Waals surface area (Å²) in [5.41, 5.74) is 2.67. The molecule has 12 heteroatoms. The number of likely N-dealkylation sites (N-methyl/N-ethyl adjacent to an activating group) is 1. The lowest BCUT2D eigenvalue weighted by molar-refractivity contribution is -0.145. The van der Waals surface area contributed by atoms with Crippen molar-refractivity contribution in [2.24, 2.45) is 7.05 Å². The van der Waals surface area contributed by atoms with Gasteiger partial charge in [-0.15, -0.1) is 0 Å². The van der Waals surface area contributed by atoms with Crippen LogP contribution in [0.15, 0.2) is 36.7 Å². The van der Waals surface area contributed by atoms with E-state index < -0.39 is 12.0 Å². The molecule has 0 bridgehead atoms. The van der Waals surface area contributed by atoms with Crippen molar-refractivity contribution in [3.63, 3.8) is 0 Å². The molecule has 0 unspecified atom stereocenters. The van der Waals surface area contributed by atoms with E-state index in [1.807, 2.05) is 19.2 Å². The smallest absolute Gasteiger partial charge is 0.451 e. The average molecular weight is 487 g/mol. The Kier molecular flexibility index (Phi) is 5.83. The van der Waals surface area contributed by atoms with Crippen LogP contribution in [0.3, 0.4) is 0 Å². The molecule has 0 radical (unpaired) electrons. The van der Waals surface area contributed by atoms with Crippen LogP contribution in [0.1, 0.15) is 24.9 Å². The van der Waals surface area contributed by atoms with Crippen molar-refractivity contribution in [3.05, 3.63) is 48.2 Å². The number of pyridine rings is 1. The van der Waals surface area contributed by atoms with Gasteiger partial charge in [-0.2, -0.15) is 23.4 Å². The van der Waals surface area contributed by atoms with Gasteiger partial charge >= 0.3 is 6.18 Å². The molecule has 5 heterocycles. The molecule has 1 aliphatic rings. The molecule has 1 aliphatic heterocycles. The van der Waals surface area contributed by atoms with E-state index in [1.165, 1.54) is 13.0 Å². The van der Waals surface area contributed by atoms with Gasteiger partial charge in [0.15, 0.2) is 11.6 Å². The molecule has 184 valence electrons. The number of nitrogens with zero attached hydrogens (tertiary/aromatic N) is 7. The Labute approximate surface area is 199 Å². The zero-order valence-corrected chi connectivity index (χ0v) is 19.5. The number of hydrogen-bond acceptors (Lipinski definition) is 7. The van der Waals surface area contributed by atoms with E-state index in [-0.39, 0.29) is 11.5 Å². The quantitative estimate of drug-likeness (QED) is 0.422. The molecule has 0 aliphatic carbocycles. The van der Waals surface area contributed by atoms with E-state index >= 15 is 0 Å². The molecular weight excluding hydrogens is 461 g/mol. The van der Waals surface area contributed by atoms with Gasteiger partial charge in [0, 0.05) is 49.2 Å². The lowest BCUT2D eigenvalue weighted by atomic mass is 10.0. The number of anilines is 2. The van der Waals surface area contributed by atoms with E-state index in [2.05, 4.69) is 37.3 Å². The van der Waals surface area contributed by atoms with E-state index in [9.17, 15) is 13.2 Å². The first-order valence-corrected chi connectivity index (χ1v) is 11.3. The van der Waals surface area contributed by atoms with E-state index in [4.69, 9.17) is 4.74 Å². The van der Waals surface area contributed by atoms with Crippen molar-refractivity contribution < 1.29 is 17.9 Å². The number of likely N-dealkylation sites (tertiary alicyclic amines) is 1. The average Bonchev–Trinajstić information content (AvgIpc) is 3.34. The van der Waals surface area contributed by atoms with Crippen LogP contribution in [0.2, 0.25) is 0 Å². The maximum Gasteiger partial charge on any atom is 0.451 e. The molecule has 1 atom stereocenters. The van der Waals surface area contributed by atoms with Crippen molar-refractivity contribution in [1.82, 2.24) is 34.3 Å². The first-order valence-electron chi connectivity index (χ1n) is 11.3. The minimum absolute atomic E-state index is 0.0212. The third kappa shape index (κ3) is 4.65. The van der Waals surface area contributed by atoms with Gasteiger partial charge in [-0.05, 0) is 32.0 Å². The first-order chi connectivity index (χ1) is 16.7. The van der Waals surface area contributed by atoms with E-state index in [0.717, 1.165) is 36.3 Å². The summed E-state index contributed by atoms with van der Waals surface area (Å²) in [4.78, 5) is 9.42. The minimum Gasteiger partial charge on any atom is -0.488 e. The largest absolute Gasteiger partial charge is 0.488 e. The number of hydrogen-bond donors (Lipinski definition) is 1. The van der Waals surface area contributed by atoms with E-state index in [0.29, 0.717) is 24.2 Å². The highest BCUT2D eigenvalue weighted by molar-refractivity contribution is 5.72. The summed E-state index contributed by atoms with van der Waals surface area (Å²) >= 11 is 0. The van der Waals surface area contributed by atoms with Gasteiger partial charge in [0.1, 0.15) is 18.1 Å². The second-order valence-corrected chi connectivity index (χ2v) is 8.52. The van der Waals surface area contributed by atoms with Gasteiger partial charge in [0.2, 0.25) is 5.82 Å². The summed E-state index contributed by atoms with van der Waals surface area (Å²) in [6.07, 6.45) is -0.0127. The Balaban J connectivity index is 1.38. The number of rotatable bonds is 7. The van der Waals surface area contributed by atoms with Crippen LogP contribution in [-0.4, -0.2) is 60.0 Å². The maximum atomic E-state index is 13.1. The highest BCUT2D eigenvalue weighted by Gasteiger charge is 2.35. The van der Waals surface area contributed by atoms with E-state index in [1.54, 1.807) is 27.7 Å². The lowest BCUT2D eigenvalue weighted by Crippen LogP contribution is -2.50. The molecule has 9 nitrogen and oxygen atoms in total. The number of aromatic nitrogens is 6. The van der Waals surface area contributed by atoms with Crippen molar-refractivity contribution in [1.29, 1.82) is 0 Å². The zero-order chi connectivity index (χ0) is 24.7. The fraction of sp³-hybridized carbons (Fsp3) is 0.391. The standard InChI is InChI=1S/C23H25F3N8O/c1-4-33-7-6-16(33)13-35-18-12-27-32(3)21(18)15-5-8-34-17(10-15)11-20(31-34)29-19-9-14(2)28-22(30-19)23(24,25)26/h5,8-12,16H,4,6-7,13H2,1-3H3,(H,28,29,30,31)/t16-/m1/s1. The summed E-state index contributed by atoms with van der Waals surface area (Å²) in [5.74, 6) is -0.111. The van der Waals surface area contributed by atoms with Gasteiger partial charge in [0.05, 0.1) is 11.7 Å². The molecule has 35 heavy (non-hydrogen) atoms. The number of alkyl halides is 3.